The maximum Gasteiger partial charge on any atom is 0.425 e. The minimum absolute atomic E-state index is 0.0366. The molecule has 0 radical (unpaired) electrons. The highest BCUT2D eigenvalue weighted by atomic mass is 19.4. The number of hydrogen-bond acceptors (Lipinski definition) is 5. The molecular formula is C28H28F3N3O4. The Morgan fingerprint density at radius 2 is 1.66 bits per heavy atom. The van der Waals surface area contributed by atoms with Crippen LogP contribution in [0.3, 0.4) is 0 Å². The zero-order valence-corrected chi connectivity index (χ0v) is 21.2. The predicted octanol–water partition coefficient (Wildman–Crippen LogP) is 5.46. The van der Waals surface area contributed by atoms with E-state index in [2.05, 4.69) is 5.10 Å². The summed E-state index contributed by atoms with van der Waals surface area (Å²) in [7, 11) is 0. The van der Waals surface area contributed by atoms with Gasteiger partial charge in [-0.2, -0.15) is 18.3 Å². The number of piperidine rings is 1. The first kappa shape index (κ1) is 26.0. The molecule has 1 unspecified atom stereocenters. The number of amides is 1. The highest BCUT2D eigenvalue weighted by Gasteiger charge is 2.60. The summed E-state index contributed by atoms with van der Waals surface area (Å²) >= 11 is 0. The Hall–Kier alpha value is -3.66. The van der Waals surface area contributed by atoms with Gasteiger partial charge in [-0.15, -0.1) is 0 Å². The Labute approximate surface area is 217 Å². The van der Waals surface area contributed by atoms with Crippen molar-refractivity contribution >= 4 is 11.9 Å². The first-order valence-corrected chi connectivity index (χ1v) is 12.4. The second kappa shape index (κ2) is 8.97. The number of hydrogen-bond donors (Lipinski definition) is 1. The van der Waals surface area contributed by atoms with Gasteiger partial charge < -0.3 is 14.7 Å². The van der Waals surface area contributed by atoms with Crippen molar-refractivity contribution in [3.05, 3.63) is 77.1 Å². The SMILES string of the molecule is CC(C)(C)OC(=O)N1CCC(n2cc(-c3cccc4c3C(=O)c3ccccc3C4(O)C(F)(F)F)cn2)CC1. The maximum absolute atomic E-state index is 14.4. The van der Waals surface area contributed by atoms with Crippen LogP contribution in [0.2, 0.25) is 0 Å². The fourth-order valence-electron chi connectivity index (χ4n) is 5.24. The van der Waals surface area contributed by atoms with Crippen molar-refractivity contribution in [2.24, 2.45) is 0 Å². The van der Waals surface area contributed by atoms with Crippen molar-refractivity contribution in [3.63, 3.8) is 0 Å². The topological polar surface area (TPSA) is 84.7 Å². The van der Waals surface area contributed by atoms with Crippen LogP contribution in [0.4, 0.5) is 18.0 Å². The molecule has 1 amide bonds. The minimum Gasteiger partial charge on any atom is -0.444 e. The molecule has 0 saturated carbocycles. The number of ether oxygens (including phenoxy) is 1. The van der Waals surface area contributed by atoms with Crippen molar-refractivity contribution in [2.75, 3.05) is 13.1 Å². The summed E-state index contributed by atoms with van der Waals surface area (Å²) in [4.78, 5) is 27.5. The zero-order valence-electron chi connectivity index (χ0n) is 21.2. The molecule has 5 rings (SSSR count). The fraction of sp³-hybridized carbons (Fsp3) is 0.393. The Morgan fingerprint density at radius 1 is 1.03 bits per heavy atom. The summed E-state index contributed by atoms with van der Waals surface area (Å²) in [5.74, 6) is -0.585. The van der Waals surface area contributed by atoms with Crippen LogP contribution < -0.4 is 0 Å². The Balaban J connectivity index is 1.46. The first-order chi connectivity index (χ1) is 17.8. The second-order valence-electron chi connectivity index (χ2n) is 10.7. The van der Waals surface area contributed by atoms with Crippen molar-refractivity contribution in [2.45, 2.75) is 57.0 Å². The summed E-state index contributed by atoms with van der Waals surface area (Å²) in [6, 6.07) is 9.37. The smallest absolute Gasteiger partial charge is 0.425 e. The number of carbonyl (C=O) groups is 2. The Kier molecular flexibility index (Phi) is 6.13. The lowest BCUT2D eigenvalue weighted by atomic mass is 9.72. The quantitative estimate of drug-likeness (QED) is 0.478. The first-order valence-electron chi connectivity index (χ1n) is 12.4. The van der Waals surface area contributed by atoms with E-state index in [0.717, 1.165) is 12.1 Å². The third kappa shape index (κ3) is 4.26. The van der Waals surface area contributed by atoms with Gasteiger partial charge in [-0.3, -0.25) is 9.48 Å². The molecule has 7 nitrogen and oxygen atoms in total. The fourth-order valence-corrected chi connectivity index (χ4v) is 5.24. The van der Waals surface area contributed by atoms with Crippen molar-refractivity contribution < 1.29 is 32.6 Å². The summed E-state index contributed by atoms with van der Waals surface area (Å²) < 4.78 is 50.2. The molecule has 2 aliphatic rings. The molecule has 1 fully saturated rings. The van der Waals surface area contributed by atoms with Crippen LogP contribution >= 0.6 is 0 Å². The number of nitrogens with zero attached hydrogens (tertiary/aromatic N) is 3. The summed E-state index contributed by atoms with van der Waals surface area (Å²) in [6.07, 6.45) is -0.978. The molecular weight excluding hydrogens is 499 g/mol. The van der Waals surface area contributed by atoms with Crippen LogP contribution in [-0.4, -0.2) is 56.5 Å². The van der Waals surface area contributed by atoms with E-state index in [9.17, 15) is 27.9 Å². The van der Waals surface area contributed by atoms with Gasteiger partial charge in [0, 0.05) is 47.1 Å². The average molecular weight is 528 g/mol. The van der Waals surface area contributed by atoms with Gasteiger partial charge in [-0.25, -0.2) is 4.79 Å². The number of ketones is 1. The molecule has 1 aliphatic carbocycles. The number of alkyl halides is 3. The molecule has 2 aromatic carbocycles. The monoisotopic (exact) mass is 527 g/mol. The van der Waals surface area contributed by atoms with Crippen LogP contribution in [-0.2, 0) is 10.3 Å². The number of rotatable bonds is 2. The van der Waals surface area contributed by atoms with Crippen molar-refractivity contribution in [3.8, 4) is 11.1 Å². The lowest BCUT2D eigenvalue weighted by Gasteiger charge is -2.37. The number of halogens is 3. The largest absolute Gasteiger partial charge is 0.444 e. The average Bonchev–Trinajstić information content (AvgIpc) is 3.35. The van der Waals surface area contributed by atoms with Gasteiger partial charge >= 0.3 is 12.3 Å². The third-order valence-corrected chi connectivity index (χ3v) is 7.06. The number of likely N-dealkylation sites (tertiary alicyclic amines) is 1. The Bertz CT molecular complexity index is 1400. The second-order valence-corrected chi connectivity index (χ2v) is 10.7. The molecule has 1 atom stereocenters. The number of fused-ring (bicyclic) bond motifs is 2. The van der Waals surface area contributed by atoms with Gasteiger partial charge in [-0.05, 0) is 39.2 Å². The van der Waals surface area contributed by atoms with Gasteiger partial charge in [0.05, 0.1) is 12.2 Å². The number of aromatic nitrogens is 2. The van der Waals surface area contributed by atoms with Crippen LogP contribution in [0.5, 0.6) is 0 Å². The molecule has 200 valence electrons. The number of aliphatic hydroxyl groups is 1. The summed E-state index contributed by atoms with van der Waals surface area (Å²) in [6.45, 7) is 6.38. The third-order valence-electron chi connectivity index (χ3n) is 7.06. The van der Waals surface area contributed by atoms with E-state index in [-0.39, 0.29) is 28.8 Å². The number of carbonyl (C=O) groups excluding carboxylic acids is 2. The zero-order chi connectivity index (χ0) is 27.5. The van der Waals surface area contributed by atoms with E-state index in [1.807, 2.05) is 20.8 Å². The summed E-state index contributed by atoms with van der Waals surface area (Å²) in [5.41, 5.74) is -4.53. The molecule has 0 spiro atoms. The van der Waals surface area contributed by atoms with Gasteiger partial charge in [-0.1, -0.05) is 42.5 Å². The molecule has 0 bridgehead atoms. The van der Waals surface area contributed by atoms with Crippen LogP contribution in [0.25, 0.3) is 11.1 Å². The van der Waals surface area contributed by atoms with Gasteiger partial charge in [0.25, 0.3) is 0 Å². The molecule has 38 heavy (non-hydrogen) atoms. The molecule has 10 heteroatoms. The molecule has 1 aliphatic heterocycles. The highest BCUT2D eigenvalue weighted by molar-refractivity contribution is 6.16. The van der Waals surface area contributed by atoms with Crippen molar-refractivity contribution in [1.29, 1.82) is 0 Å². The highest BCUT2D eigenvalue weighted by Crippen LogP contribution is 2.51. The van der Waals surface area contributed by atoms with Gasteiger partial charge in [0.15, 0.2) is 5.78 Å². The van der Waals surface area contributed by atoms with Gasteiger partial charge in [0.2, 0.25) is 5.60 Å². The number of benzene rings is 2. The van der Waals surface area contributed by atoms with Crippen LogP contribution in [0, 0.1) is 0 Å². The van der Waals surface area contributed by atoms with Crippen molar-refractivity contribution in [1.82, 2.24) is 14.7 Å². The van der Waals surface area contributed by atoms with E-state index < -0.39 is 34.3 Å². The normalized spacial score (nSPS) is 20.2. The van der Waals surface area contributed by atoms with Crippen LogP contribution in [0.1, 0.15) is 66.7 Å². The molecule has 1 aromatic heterocycles. The standard InChI is InChI=1S/C28H28F3N3O4/c1-26(2,3)38-25(36)33-13-11-18(12-14-33)34-16-17(15-32-34)19-8-6-10-22-23(19)24(35)20-7-4-5-9-21(20)27(22,37)28(29,30)31/h4-10,15-16,18,37H,11-14H2,1-3H3. The molecule has 1 N–H and O–H groups in total. The van der Waals surface area contributed by atoms with E-state index in [1.165, 1.54) is 30.5 Å². The van der Waals surface area contributed by atoms with Crippen LogP contribution in [0.15, 0.2) is 54.9 Å². The molecule has 1 saturated heterocycles. The van der Waals surface area contributed by atoms with E-state index in [0.29, 0.717) is 31.5 Å². The van der Waals surface area contributed by atoms with E-state index >= 15 is 0 Å². The van der Waals surface area contributed by atoms with E-state index in [4.69, 9.17) is 4.74 Å². The predicted molar refractivity (Wildman–Crippen MR) is 133 cm³/mol. The molecule has 2 heterocycles. The summed E-state index contributed by atoms with van der Waals surface area (Å²) in [5, 5.41) is 15.5. The van der Waals surface area contributed by atoms with E-state index in [1.54, 1.807) is 21.8 Å². The molecule has 3 aromatic rings. The minimum atomic E-state index is -5.05. The van der Waals surface area contributed by atoms with Gasteiger partial charge in [0.1, 0.15) is 5.60 Å². The Morgan fingerprint density at radius 3 is 2.32 bits per heavy atom. The lowest BCUT2D eigenvalue weighted by molar-refractivity contribution is -0.248. The lowest BCUT2D eigenvalue weighted by Crippen LogP contribution is -2.47. The maximum atomic E-state index is 14.4.